The van der Waals surface area contributed by atoms with Crippen LogP contribution in [0.5, 0.6) is 5.75 Å². The number of carbonyl (C=O) groups is 1. The summed E-state index contributed by atoms with van der Waals surface area (Å²) in [5.41, 5.74) is 6.34. The number of halogens is 1. The average Bonchev–Trinajstić information content (AvgIpc) is 3.22. The number of ether oxygens (including phenoxy) is 1. The zero-order valence-electron chi connectivity index (χ0n) is 19.4. The normalized spacial score (nSPS) is 10.9. The van der Waals surface area contributed by atoms with Crippen molar-refractivity contribution in [1.82, 2.24) is 14.9 Å². The van der Waals surface area contributed by atoms with Gasteiger partial charge >= 0.3 is 0 Å². The van der Waals surface area contributed by atoms with Crippen molar-refractivity contribution in [2.75, 3.05) is 22.3 Å². The minimum Gasteiger partial charge on any atom is -0.488 e. The number of nitrogens with one attached hydrogen (secondary N) is 2. The summed E-state index contributed by atoms with van der Waals surface area (Å²) >= 11 is 7.11. The molecule has 0 radical (unpaired) electrons. The Morgan fingerprint density at radius 1 is 1.14 bits per heavy atom. The second kappa shape index (κ2) is 12.1. The number of anilines is 2. The highest BCUT2D eigenvalue weighted by Gasteiger charge is 2.12. The Morgan fingerprint density at radius 3 is 2.75 bits per heavy atom. The average molecular weight is 522 g/mol. The Balaban J connectivity index is 1.31. The van der Waals surface area contributed by atoms with Crippen LogP contribution in [0.2, 0.25) is 5.02 Å². The molecule has 0 fully saturated rings. The van der Waals surface area contributed by atoms with E-state index >= 15 is 0 Å². The molecule has 1 aromatic heterocycles. The number of hydrogen-bond acceptors (Lipinski definition) is 8. The van der Waals surface area contributed by atoms with Gasteiger partial charge in [-0.05, 0) is 54.4 Å². The number of benzene rings is 3. The van der Waals surface area contributed by atoms with E-state index in [9.17, 15) is 4.79 Å². The number of carbonyl (C=O) groups excluding carboxylic acids is 1. The molecule has 0 spiro atoms. The van der Waals surface area contributed by atoms with Gasteiger partial charge in [-0.2, -0.15) is 5.10 Å². The van der Waals surface area contributed by atoms with Crippen LogP contribution in [0.3, 0.4) is 0 Å². The highest BCUT2D eigenvalue weighted by molar-refractivity contribution is 7.99. The summed E-state index contributed by atoms with van der Waals surface area (Å²) in [4.78, 5) is 12.2. The molecule has 4 rings (SSSR count). The van der Waals surface area contributed by atoms with Gasteiger partial charge in [0.2, 0.25) is 11.1 Å². The van der Waals surface area contributed by atoms with Gasteiger partial charge in [-0.15, -0.1) is 10.2 Å². The van der Waals surface area contributed by atoms with Gasteiger partial charge < -0.3 is 15.9 Å². The zero-order chi connectivity index (χ0) is 25.3. The maximum Gasteiger partial charge on any atom is 0.264 e. The third kappa shape index (κ3) is 7.00. The fourth-order valence-corrected chi connectivity index (χ4v) is 3.90. The largest absolute Gasteiger partial charge is 0.488 e. The third-order valence-corrected chi connectivity index (χ3v) is 6.09. The summed E-state index contributed by atoms with van der Waals surface area (Å²) in [6.45, 7) is 2.36. The zero-order valence-corrected chi connectivity index (χ0v) is 21.0. The van der Waals surface area contributed by atoms with E-state index in [4.69, 9.17) is 22.2 Å². The number of rotatable bonds is 10. The Labute approximate surface area is 217 Å². The number of hydrazone groups is 1. The van der Waals surface area contributed by atoms with E-state index in [0.29, 0.717) is 22.5 Å². The van der Waals surface area contributed by atoms with Crippen LogP contribution in [-0.2, 0) is 11.4 Å². The SMILES string of the molecule is Cc1cccc(NC(=O)CSc2nnc(N/N=C/c3ccccc3OCc3ccc(Cl)cc3)n2N)c1. The Bertz CT molecular complexity index is 1360. The van der Waals surface area contributed by atoms with Crippen molar-refractivity contribution >= 4 is 47.1 Å². The first-order valence-electron chi connectivity index (χ1n) is 10.9. The van der Waals surface area contributed by atoms with Crippen LogP contribution in [0.4, 0.5) is 11.6 Å². The van der Waals surface area contributed by atoms with E-state index in [1.54, 1.807) is 6.21 Å². The van der Waals surface area contributed by atoms with Gasteiger partial charge in [0.25, 0.3) is 5.95 Å². The van der Waals surface area contributed by atoms with Gasteiger partial charge in [-0.3, -0.25) is 4.79 Å². The summed E-state index contributed by atoms with van der Waals surface area (Å²) in [5.74, 6) is 6.92. The predicted octanol–water partition coefficient (Wildman–Crippen LogP) is 4.71. The number of nitrogens with zero attached hydrogens (tertiary/aromatic N) is 4. The van der Waals surface area contributed by atoms with Gasteiger partial charge in [-0.25, -0.2) is 10.1 Å². The van der Waals surface area contributed by atoms with Gasteiger partial charge in [0.1, 0.15) is 12.4 Å². The molecule has 4 N–H and O–H groups in total. The maximum atomic E-state index is 12.2. The molecular formula is C25H24ClN7O2S. The molecule has 3 aromatic carbocycles. The summed E-state index contributed by atoms with van der Waals surface area (Å²) in [6.07, 6.45) is 1.61. The molecule has 1 amide bonds. The number of aromatic nitrogens is 3. The first-order chi connectivity index (χ1) is 17.5. The van der Waals surface area contributed by atoms with Gasteiger partial charge in [0.15, 0.2) is 0 Å². The van der Waals surface area contributed by atoms with Crippen molar-refractivity contribution in [2.24, 2.45) is 5.10 Å². The summed E-state index contributed by atoms with van der Waals surface area (Å²) in [6, 6.07) is 22.6. The summed E-state index contributed by atoms with van der Waals surface area (Å²) in [5, 5.41) is 16.1. The maximum absolute atomic E-state index is 12.2. The Morgan fingerprint density at radius 2 is 1.94 bits per heavy atom. The molecule has 11 heteroatoms. The lowest BCUT2D eigenvalue weighted by Gasteiger charge is -2.09. The van der Waals surface area contributed by atoms with Gasteiger partial charge in [0.05, 0.1) is 12.0 Å². The molecule has 0 aliphatic rings. The Hall–Kier alpha value is -4.02. The molecule has 0 saturated carbocycles. The molecule has 1 heterocycles. The minimum absolute atomic E-state index is 0.130. The van der Waals surface area contributed by atoms with Crippen LogP contribution in [0.25, 0.3) is 0 Å². The number of thioether (sulfide) groups is 1. The van der Waals surface area contributed by atoms with Crippen molar-refractivity contribution in [3.8, 4) is 5.75 Å². The first kappa shape index (κ1) is 25.1. The number of amides is 1. The fourth-order valence-electron chi connectivity index (χ4n) is 3.12. The van der Waals surface area contributed by atoms with E-state index in [2.05, 4.69) is 26.0 Å². The van der Waals surface area contributed by atoms with Crippen LogP contribution >= 0.6 is 23.4 Å². The number of nitrogen functional groups attached to an aromatic ring is 1. The molecule has 0 aliphatic carbocycles. The van der Waals surface area contributed by atoms with Crippen molar-refractivity contribution in [3.05, 3.63) is 94.5 Å². The van der Waals surface area contributed by atoms with E-state index in [1.807, 2.05) is 79.7 Å². The van der Waals surface area contributed by atoms with E-state index in [-0.39, 0.29) is 17.6 Å². The van der Waals surface area contributed by atoms with Crippen LogP contribution in [-0.4, -0.2) is 32.7 Å². The van der Waals surface area contributed by atoms with E-state index in [1.165, 1.54) is 16.4 Å². The Kier molecular flexibility index (Phi) is 8.43. The molecule has 36 heavy (non-hydrogen) atoms. The minimum atomic E-state index is -0.170. The van der Waals surface area contributed by atoms with Crippen molar-refractivity contribution in [1.29, 1.82) is 0 Å². The smallest absolute Gasteiger partial charge is 0.264 e. The molecule has 0 aliphatic heterocycles. The standard InChI is InChI=1S/C25H24ClN7O2S/c1-17-5-4-7-21(13-17)29-23(34)16-36-25-32-31-24(33(25)27)30-28-14-19-6-2-3-8-22(19)35-15-18-9-11-20(26)12-10-18/h2-14H,15-16,27H2,1H3,(H,29,34)(H,30,31)/b28-14+. The molecule has 0 saturated heterocycles. The highest BCUT2D eigenvalue weighted by Crippen LogP contribution is 2.20. The third-order valence-electron chi connectivity index (χ3n) is 4.89. The number of nitrogens with two attached hydrogens (primary N) is 1. The summed E-state index contributed by atoms with van der Waals surface area (Å²) < 4.78 is 7.18. The number of hydrogen-bond donors (Lipinski definition) is 3. The molecule has 0 atom stereocenters. The van der Waals surface area contributed by atoms with Crippen molar-refractivity contribution < 1.29 is 9.53 Å². The van der Waals surface area contributed by atoms with Crippen LogP contribution in [0, 0.1) is 6.92 Å². The number of para-hydroxylation sites is 1. The quantitative estimate of drug-likeness (QED) is 0.120. The molecular weight excluding hydrogens is 498 g/mol. The first-order valence-corrected chi connectivity index (χ1v) is 12.3. The van der Waals surface area contributed by atoms with Crippen LogP contribution < -0.4 is 21.3 Å². The highest BCUT2D eigenvalue weighted by atomic mass is 35.5. The second-order valence-electron chi connectivity index (χ2n) is 7.71. The van der Waals surface area contributed by atoms with Crippen LogP contribution in [0.15, 0.2) is 83.1 Å². The predicted molar refractivity (Wildman–Crippen MR) is 144 cm³/mol. The number of aryl methyl sites for hydroxylation is 1. The van der Waals surface area contributed by atoms with Crippen molar-refractivity contribution in [2.45, 2.75) is 18.7 Å². The fraction of sp³-hybridized carbons (Fsp3) is 0.120. The summed E-state index contributed by atoms with van der Waals surface area (Å²) in [7, 11) is 0. The lowest BCUT2D eigenvalue weighted by molar-refractivity contribution is -0.113. The van der Waals surface area contributed by atoms with E-state index in [0.717, 1.165) is 22.4 Å². The molecule has 0 bridgehead atoms. The lowest BCUT2D eigenvalue weighted by Crippen LogP contribution is -2.16. The lowest BCUT2D eigenvalue weighted by atomic mass is 10.2. The van der Waals surface area contributed by atoms with Gasteiger partial charge in [-0.1, -0.05) is 59.8 Å². The molecule has 0 unspecified atom stereocenters. The van der Waals surface area contributed by atoms with E-state index < -0.39 is 0 Å². The topological polar surface area (TPSA) is 119 Å². The molecule has 9 nitrogen and oxygen atoms in total. The molecule has 184 valence electrons. The second-order valence-corrected chi connectivity index (χ2v) is 9.08. The monoisotopic (exact) mass is 521 g/mol. The van der Waals surface area contributed by atoms with Gasteiger partial charge in [0, 0.05) is 16.3 Å². The molecule has 4 aromatic rings. The van der Waals surface area contributed by atoms with Crippen molar-refractivity contribution in [3.63, 3.8) is 0 Å². The van der Waals surface area contributed by atoms with Crippen LogP contribution in [0.1, 0.15) is 16.7 Å².